The summed E-state index contributed by atoms with van der Waals surface area (Å²) in [7, 11) is 0. The molecule has 0 N–H and O–H groups in total. The topological polar surface area (TPSA) is 0 Å². The normalized spacial score (nSPS) is 18.2. The van der Waals surface area contributed by atoms with Gasteiger partial charge in [-0.15, -0.1) is 0 Å². The Morgan fingerprint density at radius 2 is 2.30 bits per heavy atom. The number of hydrogen-bond donors (Lipinski definition) is 0. The zero-order chi connectivity index (χ0) is 7.40. The molecular formula is C9H12Br. The van der Waals surface area contributed by atoms with Gasteiger partial charge in [-0.3, -0.25) is 0 Å². The van der Waals surface area contributed by atoms with Gasteiger partial charge < -0.3 is 0 Å². The van der Waals surface area contributed by atoms with Crippen LogP contribution in [0.3, 0.4) is 0 Å². The number of rotatable bonds is 2. The molecular weight excluding hydrogens is 188 g/mol. The standard InChI is InChI=1S/C9H12Br/c1-2-3-8-4-6-9(10)7-5-8/h4-6H,2-3,7H2,1H3. The predicted octanol–water partition coefficient (Wildman–Crippen LogP) is 3.60. The molecule has 1 aliphatic carbocycles. The Balaban J connectivity index is 2.47. The summed E-state index contributed by atoms with van der Waals surface area (Å²) in [5.41, 5.74) is 1.48. The van der Waals surface area contributed by atoms with Crippen LogP contribution in [0.4, 0.5) is 0 Å². The van der Waals surface area contributed by atoms with Gasteiger partial charge in [-0.2, -0.15) is 0 Å². The highest BCUT2D eigenvalue weighted by molar-refractivity contribution is 9.11. The first-order valence-corrected chi connectivity index (χ1v) is 4.50. The Kier molecular flexibility index (Phi) is 3.20. The second-order valence-electron chi connectivity index (χ2n) is 2.51. The molecule has 0 nitrogen and oxygen atoms in total. The Bertz CT molecular complexity index is 162. The minimum absolute atomic E-state index is 1.08. The summed E-state index contributed by atoms with van der Waals surface area (Å²) in [6.45, 7) is 2.21. The van der Waals surface area contributed by atoms with Gasteiger partial charge in [0.05, 0.1) is 0 Å². The van der Waals surface area contributed by atoms with E-state index in [9.17, 15) is 0 Å². The molecule has 0 spiro atoms. The van der Waals surface area contributed by atoms with E-state index >= 15 is 0 Å². The van der Waals surface area contributed by atoms with Crippen molar-refractivity contribution in [1.29, 1.82) is 0 Å². The zero-order valence-electron chi connectivity index (χ0n) is 6.23. The fourth-order valence-corrected chi connectivity index (χ4v) is 1.33. The molecule has 0 saturated carbocycles. The van der Waals surface area contributed by atoms with Gasteiger partial charge in [0.1, 0.15) is 0 Å². The molecule has 0 heterocycles. The number of allylic oxidation sites excluding steroid dienone is 4. The molecule has 0 unspecified atom stereocenters. The van der Waals surface area contributed by atoms with Crippen molar-refractivity contribution in [3.8, 4) is 0 Å². The van der Waals surface area contributed by atoms with Crippen molar-refractivity contribution in [2.24, 2.45) is 0 Å². The fourth-order valence-electron chi connectivity index (χ4n) is 1.04. The van der Waals surface area contributed by atoms with Crippen LogP contribution < -0.4 is 0 Å². The second kappa shape index (κ2) is 3.97. The molecule has 1 aliphatic rings. The van der Waals surface area contributed by atoms with Crippen molar-refractivity contribution < 1.29 is 0 Å². The van der Waals surface area contributed by atoms with E-state index in [4.69, 9.17) is 0 Å². The molecule has 0 aromatic heterocycles. The maximum absolute atomic E-state index is 3.45. The van der Waals surface area contributed by atoms with E-state index < -0.39 is 0 Å². The average Bonchev–Trinajstić information content (AvgIpc) is 1.95. The molecule has 1 rings (SSSR count). The summed E-state index contributed by atoms with van der Waals surface area (Å²) in [6.07, 6.45) is 10.2. The Morgan fingerprint density at radius 1 is 1.50 bits per heavy atom. The van der Waals surface area contributed by atoms with E-state index in [1.54, 1.807) is 0 Å². The van der Waals surface area contributed by atoms with Gasteiger partial charge >= 0.3 is 0 Å². The van der Waals surface area contributed by atoms with Crippen molar-refractivity contribution in [2.45, 2.75) is 26.2 Å². The summed E-state index contributed by atoms with van der Waals surface area (Å²) >= 11 is 3.45. The maximum Gasteiger partial charge on any atom is -0.00432 e. The van der Waals surface area contributed by atoms with E-state index in [0.717, 1.165) is 6.42 Å². The molecule has 0 atom stereocenters. The van der Waals surface area contributed by atoms with Gasteiger partial charge in [-0.25, -0.2) is 0 Å². The highest BCUT2D eigenvalue weighted by atomic mass is 79.9. The zero-order valence-corrected chi connectivity index (χ0v) is 7.82. The molecule has 0 aromatic carbocycles. The first-order valence-electron chi connectivity index (χ1n) is 3.71. The maximum atomic E-state index is 3.45. The van der Waals surface area contributed by atoms with Crippen molar-refractivity contribution in [1.82, 2.24) is 0 Å². The van der Waals surface area contributed by atoms with Crippen LogP contribution in [0, 0.1) is 6.42 Å². The van der Waals surface area contributed by atoms with E-state index in [1.807, 2.05) is 0 Å². The highest BCUT2D eigenvalue weighted by Crippen LogP contribution is 2.23. The van der Waals surface area contributed by atoms with E-state index in [-0.39, 0.29) is 0 Å². The first kappa shape index (κ1) is 8.06. The highest BCUT2D eigenvalue weighted by Gasteiger charge is 2.02. The van der Waals surface area contributed by atoms with Crippen LogP contribution in [0.25, 0.3) is 0 Å². The van der Waals surface area contributed by atoms with Gasteiger partial charge in [0.25, 0.3) is 0 Å². The van der Waals surface area contributed by atoms with Crippen LogP contribution in [0.5, 0.6) is 0 Å². The van der Waals surface area contributed by atoms with Crippen LogP contribution in [-0.2, 0) is 0 Å². The average molecular weight is 200 g/mol. The van der Waals surface area contributed by atoms with Gasteiger partial charge in [0.15, 0.2) is 0 Å². The molecule has 0 aliphatic heterocycles. The minimum Gasteiger partial charge on any atom is -0.0661 e. The van der Waals surface area contributed by atoms with Crippen LogP contribution in [-0.4, -0.2) is 0 Å². The van der Waals surface area contributed by atoms with Crippen LogP contribution in [0.2, 0.25) is 0 Å². The largest absolute Gasteiger partial charge is 0.0661 e. The summed E-state index contributed by atoms with van der Waals surface area (Å²) in [5.74, 6) is 0. The van der Waals surface area contributed by atoms with Crippen LogP contribution in [0.15, 0.2) is 22.2 Å². The SMILES string of the molecule is CCCC1=CC=C(Br)C[CH]1. The lowest BCUT2D eigenvalue weighted by molar-refractivity contribution is 0.895. The van der Waals surface area contributed by atoms with Crippen molar-refractivity contribution in [3.05, 3.63) is 28.6 Å². The van der Waals surface area contributed by atoms with Crippen molar-refractivity contribution in [3.63, 3.8) is 0 Å². The molecule has 0 fully saturated rings. The fraction of sp³-hybridized carbons (Fsp3) is 0.444. The molecule has 1 radical (unpaired) electrons. The van der Waals surface area contributed by atoms with Crippen LogP contribution >= 0.6 is 15.9 Å². The monoisotopic (exact) mass is 199 g/mol. The number of halogens is 1. The molecule has 10 heavy (non-hydrogen) atoms. The van der Waals surface area contributed by atoms with Crippen molar-refractivity contribution >= 4 is 15.9 Å². The lowest BCUT2D eigenvalue weighted by atomic mass is 10.0. The Labute approximate surface area is 71.1 Å². The minimum atomic E-state index is 1.08. The lowest BCUT2D eigenvalue weighted by Crippen LogP contribution is -1.89. The second-order valence-corrected chi connectivity index (χ2v) is 3.53. The van der Waals surface area contributed by atoms with E-state index in [0.29, 0.717) is 0 Å². The third-order valence-electron chi connectivity index (χ3n) is 1.58. The van der Waals surface area contributed by atoms with Gasteiger partial charge in [0, 0.05) is 0 Å². The summed E-state index contributed by atoms with van der Waals surface area (Å²) in [4.78, 5) is 0. The van der Waals surface area contributed by atoms with Gasteiger partial charge in [-0.05, 0) is 23.7 Å². The number of hydrogen-bond acceptors (Lipinski definition) is 0. The molecule has 55 valence electrons. The lowest BCUT2D eigenvalue weighted by Gasteiger charge is -2.08. The van der Waals surface area contributed by atoms with E-state index in [1.165, 1.54) is 22.9 Å². The third-order valence-corrected chi connectivity index (χ3v) is 2.16. The summed E-state index contributed by atoms with van der Waals surface area (Å²) < 4.78 is 1.28. The predicted molar refractivity (Wildman–Crippen MR) is 48.9 cm³/mol. The molecule has 0 saturated heterocycles. The van der Waals surface area contributed by atoms with Crippen LogP contribution in [0.1, 0.15) is 26.2 Å². The Morgan fingerprint density at radius 3 is 2.80 bits per heavy atom. The molecule has 0 bridgehead atoms. The van der Waals surface area contributed by atoms with Crippen molar-refractivity contribution in [2.75, 3.05) is 0 Å². The molecule has 0 aromatic rings. The summed E-state index contributed by atoms with van der Waals surface area (Å²) in [6, 6.07) is 0. The molecule has 1 heteroatoms. The smallest absolute Gasteiger partial charge is 0.00432 e. The third kappa shape index (κ3) is 2.30. The Hall–Kier alpha value is -0.0400. The van der Waals surface area contributed by atoms with Gasteiger partial charge in [-0.1, -0.05) is 47.0 Å². The first-order chi connectivity index (χ1) is 4.83. The van der Waals surface area contributed by atoms with E-state index in [2.05, 4.69) is 41.4 Å². The quantitative estimate of drug-likeness (QED) is 0.638. The van der Waals surface area contributed by atoms with Gasteiger partial charge in [0.2, 0.25) is 0 Å². The summed E-state index contributed by atoms with van der Waals surface area (Å²) in [5, 5.41) is 0. The molecule has 0 amide bonds.